The van der Waals surface area contributed by atoms with Crippen LogP contribution in [0.2, 0.25) is 0 Å². The van der Waals surface area contributed by atoms with Crippen molar-refractivity contribution in [2.45, 2.75) is 39.9 Å². The molecule has 33 heavy (non-hydrogen) atoms. The molecular formula is C24H23FN4O4. The molecule has 1 aliphatic rings. The number of fused-ring (bicyclic) bond motifs is 4. The molecular weight excluding hydrogens is 427 g/mol. The van der Waals surface area contributed by atoms with Gasteiger partial charge >= 0.3 is 11.7 Å². The van der Waals surface area contributed by atoms with Crippen LogP contribution in [0.4, 0.5) is 4.39 Å². The van der Waals surface area contributed by atoms with Gasteiger partial charge in [0, 0.05) is 36.8 Å². The molecule has 0 saturated carbocycles. The van der Waals surface area contributed by atoms with E-state index in [1.165, 1.54) is 30.5 Å². The second kappa shape index (κ2) is 7.33. The van der Waals surface area contributed by atoms with Crippen LogP contribution in [0, 0.1) is 11.2 Å². The molecule has 4 heterocycles. The van der Waals surface area contributed by atoms with Crippen LogP contribution in [-0.4, -0.2) is 34.9 Å². The quantitative estimate of drug-likeness (QED) is 0.429. The molecule has 0 bridgehead atoms. The van der Waals surface area contributed by atoms with E-state index in [0.717, 1.165) is 32.4 Å². The molecule has 9 heteroatoms. The molecule has 0 atom stereocenters. The van der Waals surface area contributed by atoms with E-state index in [1.807, 2.05) is 16.7 Å². The van der Waals surface area contributed by atoms with Gasteiger partial charge in [-0.2, -0.15) is 0 Å². The summed E-state index contributed by atoms with van der Waals surface area (Å²) in [6, 6.07) is 10.0. The minimum Gasteiger partial charge on any atom is -0.493 e. The van der Waals surface area contributed by atoms with Crippen molar-refractivity contribution in [1.82, 2.24) is 18.7 Å². The van der Waals surface area contributed by atoms with Gasteiger partial charge in [0.2, 0.25) is 5.88 Å². The van der Waals surface area contributed by atoms with Crippen LogP contribution >= 0.6 is 0 Å². The Morgan fingerprint density at radius 1 is 1.15 bits per heavy atom. The first-order valence-corrected chi connectivity index (χ1v) is 10.6. The topological polar surface area (TPSA) is 102 Å². The summed E-state index contributed by atoms with van der Waals surface area (Å²) in [5, 5.41) is 21.3. The number of rotatable bonds is 5. The maximum Gasteiger partial charge on any atom is 0.331 e. The fourth-order valence-electron chi connectivity index (χ4n) is 4.50. The van der Waals surface area contributed by atoms with Gasteiger partial charge in [0.05, 0.1) is 17.7 Å². The van der Waals surface area contributed by atoms with Crippen molar-refractivity contribution in [2.75, 3.05) is 0 Å². The average Bonchev–Trinajstić information content (AvgIpc) is 3.21. The zero-order valence-corrected chi connectivity index (χ0v) is 18.2. The summed E-state index contributed by atoms with van der Waals surface area (Å²) < 4.78 is 18.0. The Kier molecular flexibility index (Phi) is 4.66. The lowest BCUT2D eigenvalue weighted by molar-refractivity contribution is -0.147. The monoisotopic (exact) mass is 450 g/mol. The molecule has 0 amide bonds. The van der Waals surface area contributed by atoms with Crippen LogP contribution in [0.5, 0.6) is 5.88 Å². The summed E-state index contributed by atoms with van der Waals surface area (Å²) in [6.07, 6.45) is 2.02. The minimum atomic E-state index is -1.22. The maximum atomic E-state index is 13.4. The third-order valence-corrected chi connectivity index (χ3v) is 6.38. The number of pyridine rings is 1. The predicted octanol–water partition coefficient (Wildman–Crippen LogP) is 2.96. The predicted molar refractivity (Wildman–Crippen MR) is 119 cm³/mol. The Balaban J connectivity index is 1.62. The highest BCUT2D eigenvalue weighted by Gasteiger charge is 2.34. The van der Waals surface area contributed by atoms with E-state index in [1.54, 1.807) is 18.3 Å². The van der Waals surface area contributed by atoms with Gasteiger partial charge in [-0.1, -0.05) is 12.1 Å². The Morgan fingerprint density at radius 2 is 1.88 bits per heavy atom. The number of carboxylic acids is 1. The molecule has 0 unspecified atom stereocenters. The Morgan fingerprint density at radius 3 is 2.58 bits per heavy atom. The van der Waals surface area contributed by atoms with Crippen molar-refractivity contribution in [2.24, 2.45) is 5.41 Å². The molecule has 4 aromatic rings. The van der Waals surface area contributed by atoms with Gasteiger partial charge in [-0.15, -0.1) is 0 Å². The lowest BCUT2D eigenvalue weighted by Gasteiger charge is -2.19. The lowest BCUT2D eigenvalue weighted by atomic mass is 9.94. The SMILES string of the molecule is CC(C)(Cn1c(O)c2n(c1=O)Cc1c(c3cccnc3n1Cc1ccc(F)cc1)C2)C(=O)O. The largest absolute Gasteiger partial charge is 0.493 e. The van der Waals surface area contributed by atoms with Gasteiger partial charge in [-0.25, -0.2) is 14.2 Å². The summed E-state index contributed by atoms with van der Waals surface area (Å²) >= 11 is 0. The number of aliphatic carboxylic acids is 1. The number of carboxylic acid groups (broad SMARTS) is 1. The van der Waals surface area contributed by atoms with Crippen LogP contribution < -0.4 is 5.69 Å². The van der Waals surface area contributed by atoms with Crippen molar-refractivity contribution >= 4 is 17.0 Å². The van der Waals surface area contributed by atoms with Gasteiger partial charge in [-0.3, -0.25) is 13.9 Å². The molecule has 1 aromatic carbocycles. The normalized spacial score (nSPS) is 13.2. The first kappa shape index (κ1) is 21.0. The number of imidazole rings is 1. The molecule has 0 fully saturated rings. The van der Waals surface area contributed by atoms with Gasteiger partial charge < -0.3 is 14.8 Å². The number of benzene rings is 1. The Bertz CT molecular complexity index is 1460. The van der Waals surface area contributed by atoms with Crippen molar-refractivity contribution < 1.29 is 19.4 Å². The number of aromatic hydroxyl groups is 1. The molecule has 170 valence electrons. The number of hydrogen-bond acceptors (Lipinski definition) is 4. The summed E-state index contributed by atoms with van der Waals surface area (Å²) in [5.74, 6) is -1.57. The molecule has 5 rings (SSSR count). The molecule has 0 radical (unpaired) electrons. The van der Waals surface area contributed by atoms with Crippen molar-refractivity contribution in [3.8, 4) is 5.88 Å². The van der Waals surface area contributed by atoms with Crippen LogP contribution in [0.15, 0.2) is 47.4 Å². The molecule has 8 nitrogen and oxygen atoms in total. The van der Waals surface area contributed by atoms with E-state index in [9.17, 15) is 24.2 Å². The van der Waals surface area contributed by atoms with E-state index in [-0.39, 0.29) is 24.8 Å². The van der Waals surface area contributed by atoms with E-state index in [0.29, 0.717) is 18.7 Å². The first-order valence-electron chi connectivity index (χ1n) is 10.6. The zero-order chi connectivity index (χ0) is 23.5. The van der Waals surface area contributed by atoms with Crippen molar-refractivity contribution in [3.63, 3.8) is 0 Å². The number of hydrogen-bond donors (Lipinski definition) is 2. The number of halogens is 1. The van der Waals surface area contributed by atoms with Gasteiger partial charge in [0.25, 0.3) is 0 Å². The molecule has 0 spiro atoms. The second-order valence-corrected chi connectivity index (χ2v) is 9.10. The third-order valence-electron chi connectivity index (χ3n) is 6.38. The second-order valence-electron chi connectivity index (χ2n) is 9.10. The van der Waals surface area contributed by atoms with Crippen LogP contribution in [-0.2, 0) is 30.8 Å². The van der Waals surface area contributed by atoms with Crippen LogP contribution in [0.3, 0.4) is 0 Å². The highest BCUT2D eigenvalue weighted by atomic mass is 19.1. The third kappa shape index (κ3) is 3.31. The smallest absolute Gasteiger partial charge is 0.331 e. The lowest BCUT2D eigenvalue weighted by Crippen LogP contribution is -2.35. The highest BCUT2D eigenvalue weighted by Crippen LogP contribution is 2.35. The summed E-state index contributed by atoms with van der Waals surface area (Å²) in [5.41, 5.74) is 2.28. The van der Waals surface area contributed by atoms with E-state index < -0.39 is 17.1 Å². The average molecular weight is 450 g/mol. The number of nitrogens with zero attached hydrogens (tertiary/aromatic N) is 4. The van der Waals surface area contributed by atoms with Crippen molar-refractivity contribution in [1.29, 1.82) is 0 Å². The van der Waals surface area contributed by atoms with Gasteiger partial charge in [0.1, 0.15) is 11.5 Å². The summed E-state index contributed by atoms with van der Waals surface area (Å²) in [7, 11) is 0. The minimum absolute atomic E-state index is 0.144. The zero-order valence-electron chi connectivity index (χ0n) is 18.2. The Hall–Kier alpha value is -3.88. The molecule has 3 aromatic heterocycles. The fourth-order valence-corrected chi connectivity index (χ4v) is 4.50. The number of aromatic nitrogens is 4. The highest BCUT2D eigenvalue weighted by molar-refractivity contribution is 5.83. The first-order chi connectivity index (χ1) is 15.7. The van der Waals surface area contributed by atoms with E-state index >= 15 is 0 Å². The summed E-state index contributed by atoms with van der Waals surface area (Å²) in [4.78, 5) is 29.3. The van der Waals surface area contributed by atoms with Crippen LogP contribution in [0.25, 0.3) is 11.0 Å². The van der Waals surface area contributed by atoms with E-state index in [4.69, 9.17) is 0 Å². The summed E-state index contributed by atoms with van der Waals surface area (Å²) in [6.45, 7) is 3.56. The Labute approximate surface area is 188 Å². The van der Waals surface area contributed by atoms with Gasteiger partial charge in [-0.05, 0) is 49.2 Å². The standard InChI is InChI=1S/C24H23FN4O4/c1-24(2,22(31)32)13-29-21(30)18-10-17-16-4-3-9-26-20(16)27(19(17)12-28(18)23(29)33)11-14-5-7-15(25)8-6-14/h3-9,30H,10-13H2,1-2H3,(H,31,32). The van der Waals surface area contributed by atoms with E-state index in [2.05, 4.69) is 4.98 Å². The maximum absolute atomic E-state index is 13.4. The number of carbonyl (C=O) groups is 1. The van der Waals surface area contributed by atoms with Gasteiger partial charge in [0.15, 0.2) is 0 Å². The molecule has 2 N–H and O–H groups in total. The molecule has 1 aliphatic heterocycles. The molecule has 0 saturated heterocycles. The van der Waals surface area contributed by atoms with Crippen molar-refractivity contribution in [3.05, 3.63) is 81.4 Å². The molecule has 0 aliphatic carbocycles. The fraction of sp³-hybridized carbons (Fsp3) is 0.292. The van der Waals surface area contributed by atoms with Crippen LogP contribution in [0.1, 0.15) is 36.4 Å².